The minimum Gasteiger partial charge on any atom is -0.487 e. The molecule has 3 heterocycles. The lowest BCUT2D eigenvalue weighted by Gasteiger charge is -2.31. The van der Waals surface area contributed by atoms with Crippen LogP contribution in [0.5, 0.6) is 5.75 Å². The van der Waals surface area contributed by atoms with E-state index in [2.05, 4.69) is 9.88 Å². The van der Waals surface area contributed by atoms with Crippen LogP contribution in [0.3, 0.4) is 0 Å². The van der Waals surface area contributed by atoms with Gasteiger partial charge in [0.05, 0.1) is 24.0 Å². The van der Waals surface area contributed by atoms with Gasteiger partial charge in [0.1, 0.15) is 11.9 Å². The number of para-hydroxylation sites is 2. The maximum Gasteiger partial charge on any atom is 0.244 e. The van der Waals surface area contributed by atoms with Gasteiger partial charge >= 0.3 is 0 Å². The Morgan fingerprint density at radius 2 is 2.08 bits per heavy atom. The predicted octanol–water partition coefficient (Wildman–Crippen LogP) is 2.10. The van der Waals surface area contributed by atoms with Gasteiger partial charge < -0.3 is 14.4 Å². The molecule has 136 valence electrons. The molecule has 0 saturated carbocycles. The van der Waals surface area contributed by atoms with E-state index < -0.39 is 0 Å². The number of methoxy groups -OCH3 is 1. The third-order valence-electron chi connectivity index (χ3n) is 4.98. The van der Waals surface area contributed by atoms with Crippen molar-refractivity contribution in [1.82, 2.24) is 9.88 Å². The largest absolute Gasteiger partial charge is 0.487 e. The summed E-state index contributed by atoms with van der Waals surface area (Å²) in [7, 11) is 1.65. The Hall–Kier alpha value is -2.44. The summed E-state index contributed by atoms with van der Waals surface area (Å²) in [4.78, 5) is 21.8. The summed E-state index contributed by atoms with van der Waals surface area (Å²) < 4.78 is 11.5. The lowest BCUT2D eigenvalue weighted by Crippen LogP contribution is -2.47. The highest BCUT2D eigenvalue weighted by molar-refractivity contribution is 5.99. The number of carbonyl (C=O) groups is 1. The molecule has 2 atom stereocenters. The molecule has 26 heavy (non-hydrogen) atoms. The molecule has 1 aromatic carbocycles. The van der Waals surface area contributed by atoms with Gasteiger partial charge in [-0.25, -0.2) is 0 Å². The number of pyridine rings is 1. The number of amides is 1. The predicted molar refractivity (Wildman–Crippen MR) is 98.1 cm³/mol. The second-order valence-electron chi connectivity index (χ2n) is 6.69. The smallest absolute Gasteiger partial charge is 0.244 e. The van der Waals surface area contributed by atoms with Crippen LogP contribution in [0.15, 0.2) is 48.7 Å². The minimum atomic E-state index is -0.202. The molecule has 1 saturated heterocycles. The Morgan fingerprint density at radius 3 is 2.88 bits per heavy atom. The van der Waals surface area contributed by atoms with Crippen LogP contribution in [0.2, 0.25) is 0 Å². The summed E-state index contributed by atoms with van der Waals surface area (Å²) >= 11 is 0. The van der Waals surface area contributed by atoms with E-state index in [0.29, 0.717) is 26.1 Å². The van der Waals surface area contributed by atoms with Gasteiger partial charge in [0.15, 0.2) is 0 Å². The number of rotatable bonds is 5. The quantitative estimate of drug-likeness (QED) is 0.824. The normalized spacial score (nSPS) is 22.5. The van der Waals surface area contributed by atoms with Crippen molar-refractivity contribution in [3.05, 3.63) is 54.4 Å². The van der Waals surface area contributed by atoms with Gasteiger partial charge in [-0.15, -0.1) is 0 Å². The van der Waals surface area contributed by atoms with Crippen molar-refractivity contribution in [3.63, 3.8) is 0 Å². The average molecular weight is 353 g/mol. The van der Waals surface area contributed by atoms with Crippen LogP contribution in [-0.2, 0) is 16.1 Å². The molecule has 6 heteroatoms. The van der Waals surface area contributed by atoms with Crippen molar-refractivity contribution < 1.29 is 14.3 Å². The van der Waals surface area contributed by atoms with E-state index in [9.17, 15) is 4.79 Å². The molecule has 4 rings (SSSR count). The lowest BCUT2D eigenvalue weighted by molar-refractivity contribution is -0.123. The van der Waals surface area contributed by atoms with Gasteiger partial charge in [-0.05, 0) is 24.3 Å². The second-order valence-corrected chi connectivity index (χ2v) is 6.69. The Labute approximate surface area is 153 Å². The molecular weight excluding hydrogens is 330 g/mol. The highest BCUT2D eigenvalue weighted by Crippen LogP contribution is 2.36. The fourth-order valence-electron chi connectivity index (χ4n) is 3.75. The first kappa shape index (κ1) is 17.0. The van der Waals surface area contributed by atoms with Gasteiger partial charge in [0, 0.05) is 39.4 Å². The molecule has 0 aliphatic carbocycles. The summed E-state index contributed by atoms with van der Waals surface area (Å²) in [6, 6.07) is 13.4. The lowest BCUT2D eigenvalue weighted by atomic mass is 10.1. The second kappa shape index (κ2) is 7.43. The maximum atomic E-state index is 13.4. The van der Waals surface area contributed by atoms with Gasteiger partial charge in [-0.3, -0.25) is 14.7 Å². The molecule has 2 aliphatic rings. The Morgan fingerprint density at radius 1 is 1.23 bits per heavy atom. The van der Waals surface area contributed by atoms with Crippen LogP contribution in [0.25, 0.3) is 0 Å². The molecule has 0 spiro atoms. The van der Waals surface area contributed by atoms with Crippen molar-refractivity contribution in [1.29, 1.82) is 0 Å². The van der Waals surface area contributed by atoms with Gasteiger partial charge in [-0.1, -0.05) is 18.2 Å². The Bertz CT molecular complexity index is 768. The first-order valence-corrected chi connectivity index (χ1v) is 8.96. The van der Waals surface area contributed by atoms with Crippen LogP contribution < -0.4 is 9.64 Å². The van der Waals surface area contributed by atoms with Crippen molar-refractivity contribution in [2.75, 3.05) is 31.7 Å². The summed E-state index contributed by atoms with van der Waals surface area (Å²) in [5.74, 6) is 0.872. The summed E-state index contributed by atoms with van der Waals surface area (Å²) in [5.41, 5.74) is 1.79. The minimum absolute atomic E-state index is 0.0124. The van der Waals surface area contributed by atoms with Crippen molar-refractivity contribution >= 4 is 11.6 Å². The molecule has 2 aliphatic heterocycles. The maximum absolute atomic E-state index is 13.4. The number of ether oxygens (including phenoxy) is 2. The van der Waals surface area contributed by atoms with Gasteiger partial charge in [0.25, 0.3) is 0 Å². The molecule has 1 aromatic heterocycles. The zero-order valence-corrected chi connectivity index (χ0v) is 14.9. The van der Waals surface area contributed by atoms with Crippen molar-refractivity contribution in [3.8, 4) is 5.75 Å². The molecule has 2 bridgehead atoms. The van der Waals surface area contributed by atoms with Crippen molar-refractivity contribution in [2.45, 2.75) is 25.1 Å². The molecule has 1 amide bonds. The van der Waals surface area contributed by atoms with Crippen LogP contribution in [0, 0.1) is 0 Å². The zero-order valence-electron chi connectivity index (χ0n) is 14.9. The number of anilines is 1. The van der Waals surface area contributed by atoms with E-state index in [1.165, 1.54) is 0 Å². The zero-order chi connectivity index (χ0) is 17.9. The number of carbonyl (C=O) groups excluding carboxylic acids is 1. The van der Waals surface area contributed by atoms with Crippen molar-refractivity contribution in [2.24, 2.45) is 0 Å². The van der Waals surface area contributed by atoms with Gasteiger partial charge in [0.2, 0.25) is 5.91 Å². The van der Waals surface area contributed by atoms with Crippen LogP contribution in [0.1, 0.15) is 12.1 Å². The number of benzene rings is 1. The molecule has 2 aromatic rings. The standard InChI is InChI=1S/C20H23N3O3/c1-25-11-10-23-17-7-2-3-8-19(17)26-16-12-18(20(23)24)22(14-16)13-15-6-4-5-9-21-15/h2-9,16,18H,10-14H2,1H3/t16-,18-/m0/s1. The number of fused-ring (bicyclic) bond motifs is 3. The van der Waals surface area contributed by atoms with E-state index in [1.807, 2.05) is 42.5 Å². The van der Waals surface area contributed by atoms with E-state index in [-0.39, 0.29) is 18.1 Å². The number of likely N-dealkylation sites (tertiary alicyclic amines) is 1. The Kier molecular flexibility index (Phi) is 4.86. The molecule has 6 nitrogen and oxygen atoms in total. The van der Waals surface area contributed by atoms with Crippen LogP contribution in [0.4, 0.5) is 5.69 Å². The topological polar surface area (TPSA) is 54.9 Å². The van der Waals surface area contributed by atoms with Crippen LogP contribution >= 0.6 is 0 Å². The van der Waals surface area contributed by atoms with E-state index in [1.54, 1.807) is 18.2 Å². The number of hydrogen-bond acceptors (Lipinski definition) is 5. The monoisotopic (exact) mass is 353 g/mol. The fourth-order valence-corrected chi connectivity index (χ4v) is 3.75. The SMILES string of the molecule is COCCN1C(=O)[C@@H]2C[C@@H](CN2Cc2ccccn2)Oc2ccccc21. The highest BCUT2D eigenvalue weighted by atomic mass is 16.5. The Balaban J connectivity index is 1.64. The summed E-state index contributed by atoms with van der Waals surface area (Å²) in [6.45, 7) is 2.36. The molecule has 0 N–H and O–H groups in total. The van der Waals surface area contributed by atoms with Gasteiger partial charge in [-0.2, -0.15) is 0 Å². The molecular formula is C20H23N3O3. The summed E-state index contributed by atoms with van der Waals surface area (Å²) in [6.07, 6.45) is 2.50. The molecule has 0 unspecified atom stereocenters. The first-order chi connectivity index (χ1) is 12.8. The third kappa shape index (κ3) is 3.30. The molecule has 1 fully saturated rings. The van der Waals surface area contributed by atoms with E-state index in [4.69, 9.17) is 9.47 Å². The number of aromatic nitrogens is 1. The number of nitrogens with zero attached hydrogens (tertiary/aromatic N) is 3. The average Bonchev–Trinajstić information content (AvgIpc) is 3.06. The van der Waals surface area contributed by atoms with E-state index >= 15 is 0 Å². The highest BCUT2D eigenvalue weighted by Gasteiger charge is 2.42. The van der Waals surface area contributed by atoms with Crippen LogP contribution in [-0.4, -0.2) is 54.7 Å². The first-order valence-electron chi connectivity index (χ1n) is 8.96. The molecule has 0 radical (unpaired) electrons. The fraction of sp³-hybridized carbons (Fsp3) is 0.400. The third-order valence-corrected chi connectivity index (χ3v) is 4.98. The summed E-state index contributed by atoms with van der Waals surface area (Å²) in [5, 5.41) is 0. The number of hydrogen-bond donors (Lipinski definition) is 0. The van der Waals surface area contributed by atoms with E-state index in [0.717, 1.165) is 23.7 Å².